The van der Waals surface area contributed by atoms with Crippen molar-refractivity contribution in [1.29, 1.82) is 0 Å². The van der Waals surface area contributed by atoms with Crippen molar-refractivity contribution in [2.45, 2.75) is 32.7 Å². The zero-order valence-electron chi connectivity index (χ0n) is 9.78. The minimum absolute atomic E-state index is 0.396. The number of rotatable bonds is 3. The van der Waals surface area contributed by atoms with E-state index in [2.05, 4.69) is 22.9 Å². The van der Waals surface area contributed by atoms with Crippen LogP contribution in [0.4, 0.5) is 0 Å². The van der Waals surface area contributed by atoms with Gasteiger partial charge in [-0.25, -0.2) is 0 Å². The number of aromatic nitrogens is 1. The molecule has 1 saturated heterocycles. The average Bonchev–Trinajstić information content (AvgIpc) is 2.33. The fourth-order valence-electron chi connectivity index (χ4n) is 2.11. The number of aryl methyl sites for hydroxylation is 1. The summed E-state index contributed by atoms with van der Waals surface area (Å²) >= 11 is 0. The number of carbonyl (C=O) groups excluding carboxylic acids is 1. The molecule has 0 unspecified atom stereocenters. The molecule has 1 aromatic heterocycles. The minimum Gasteiger partial charge on any atom is -0.300 e. The van der Waals surface area contributed by atoms with E-state index in [1.807, 2.05) is 12.3 Å². The van der Waals surface area contributed by atoms with E-state index in [0.29, 0.717) is 18.6 Å². The van der Waals surface area contributed by atoms with Crippen molar-refractivity contribution in [3.8, 4) is 0 Å². The maximum Gasteiger partial charge on any atom is 0.135 e. The molecular formula is C13H18N2O. The highest BCUT2D eigenvalue weighted by Gasteiger charge is 2.17. The number of likely N-dealkylation sites (tertiary alicyclic amines) is 1. The van der Waals surface area contributed by atoms with Crippen molar-refractivity contribution in [3.63, 3.8) is 0 Å². The number of ketones is 1. The van der Waals surface area contributed by atoms with Crippen LogP contribution in [0.2, 0.25) is 0 Å². The van der Waals surface area contributed by atoms with Gasteiger partial charge in [0.05, 0.1) is 5.69 Å². The van der Waals surface area contributed by atoms with E-state index in [-0.39, 0.29) is 0 Å². The molecule has 0 aliphatic carbocycles. The number of pyridine rings is 1. The van der Waals surface area contributed by atoms with E-state index in [0.717, 1.165) is 26.1 Å². The van der Waals surface area contributed by atoms with Gasteiger partial charge in [0.25, 0.3) is 0 Å². The molecule has 0 radical (unpaired) electrons. The summed E-state index contributed by atoms with van der Waals surface area (Å²) in [5.74, 6) is 0.396. The molecule has 0 bridgehead atoms. The molecule has 16 heavy (non-hydrogen) atoms. The lowest BCUT2D eigenvalue weighted by molar-refractivity contribution is -0.121. The van der Waals surface area contributed by atoms with Gasteiger partial charge in [-0.3, -0.25) is 14.7 Å². The molecule has 1 aromatic rings. The lowest BCUT2D eigenvalue weighted by atomic mass is 10.1. The van der Waals surface area contributed by atoms with Crippen molar-refractivity contribution < 1.29 is 4.79 Å². The molecule has 3 heteroatoms. The van der Waals surface area contributed by atoms with Gasteiger partial charge in [0.2, 0.25) is 0 Å². The summed E-state index contributed by atoms with van der Waals surface area (Å²) < 4.78 is 0. The third kappa shape index (κ3) is 2.67. The molecule has 0 saturated carbocycles. The Morgan fingerprint density at radius 1 is 1.38 bits per heavy atom. The smallest absolute Gasteiger partial charge is 0.135 e. The Labute approximate surface area is 96.5 Å². The third-order valence-electron chi connectivity index (χ3n) is 3.15. The van der Waals surface area contributed by atoms with E-state index in [4.69, 9.17) is 0 Å². The molecule has 1 fully saturated rings. The number of carbonyl (C=O) groups is 1. The molecule has 2 rings (SSSR count). The molecule has 0 aromatic carbocycles. The van der Waals surface area contributed by atoms with Crippen LogP contribution in [-0.4, -0.2) is 28.8 Å². The molecule has 1 aliphatic rings. The van der Waals surface area contributed by atoms with Gasteiger partial charge in [0.15, 0.2) is 0 Å². The first kappa shape index (κ1) is 11.3. The molecule has 1 aliphatic heterocycles. The number of hydrogen-bond acceptors (Lipinski definition) is 3. The van der Waals surface area contributed by atoms with Crippen LogP contribution in [0.25, 0.3) is 0 Å². The summed E-state index contributed by atoms with van der Waals surface area (Å²) in [6, 6.07) is 4.12. The van der Waals surface area contributed by atoms with Crippen molar-refractivity contribution in [1.82, 2.24) is 9.88 Å². The topological polar surface area (TPSA) is 33.2 Å². The number of piperidine rings is 1. The van der Waals surface area contributed by atoms with Crippen molar-refractivity contribution in [3.05, 3.63) is 29.6 Å². The van der Waals surface area contributed by atoms with Crippen LogP contribution >= 0.6 is 0 Å². The summed E-state index contributed by atoms with van der Waals surface area (Å²) in [5, 5.41) is 0. The molecular weight excluding hydrogens is 200 g/mol. The van der Waals surface area contributed by atoms with E-state index < -0.39 is 0 Å². The van der Waals surface area contributed by atoms with E-state index >= 15 is 0 Å². The third-order valence-corrected chi connectivity index (χ3v) is 3.15. The lowest BCUT2D eigenvalue weighted by Crippen LogP contribution is -2.33. The normalized spacial score (nSPS) is 17.7. The van der Waals surface area contributed by atoms with Gasteiger partial charge in [-0.05, 0) is 18.1 Å². The van der Waals surface area contributed by atoms with Gasteiger partial charge >= 0.3 is 0 Å². The highest BCUT2D eigenvalue weighted by molar-refractivity contribution is 5.79. The summed E-state index contributed by atoms with van der Waals surface area (Å²) in [4.78, 5) is 17.9. The molecule has 0 N–H and O–H groups in total. The molecule has 3 nitrogen and oxygen atoms in total. The molecule has 2 heterocycles. The second-order valence-corrected chi connectivity index (χ2v) is 4.28. The van der Waals surface area contributed by atoms with Gasteiger partial charge in [0, 0.05) is 38.7 Å². The zero-order valence-corrected chi connectivity index (χ0v) is 9.78. The maximum absolute atomic E-state index is 11.1. The summed E-state index contributed by atoms with van der Waals surface area (Å²) in [6.07, 6.45) is 4.28. The summed E-state index contributed by atoms with van der Waals surface area (Å²) in [5.41, 5.74) is 2.48. The Morgan fingerprint density at radius 3 is 2.81 bits per heavy atom. The van der Waals surface area contributed by atoms with Crippen LogP contribution in [0.1, 0.15) is 31.0 Å². The summed E-state index contributed by atoms with van der Waals surface area (Å²) in [7, 11) is 0. The van der Waals surface area contributed by atoms with Crippen molar-refractivity contribution in [2.75, 3.05) is 13.1 Å². The standard InChI is InChI=1S/C13H18N2O/c1-2-11-4-3-7-14-13(11)10-15-8-5-12(16)6-9-15/h3-4,7H,2,5-6,8-10H2,1H3. The van der Waals surface area contributed by atoms with Crippen LogP contribution in [0, 0.1) is 0 Å². The first-order chi connectivity index (χ1) is 7.79. The van der Waals surface area contributed by atoms with Gasteiger partial charge in [-0.15, -0.1) is 0 Å². The first-order valence-electron chi connectivity index (χ1n) is 5.96. The predicted octanol–water partition coefficient (Wildman–Crippen LogP) is 1.81. The molecule has 0 amide bonds. The van der Waals surface area contributed by atoms with Gasteiger partial charge < -0.3 is 0 Å². The fourth-order valence-corrected chi connectivity index (χ4v) is 2.11. The number of nitrogens with zero attached hydrogens (tertiary/aromatic N) is 2. The fraction of sp³-hybridized carbons (Fsp3) is 0.538. The lowest BCUT2D eigenvalue weighted by Gasteiger charge is -2.25. The minimum atomic E-state index is 0.396. The predicted molar refractivity (Wildman–Crippen MR) is 63.1 cm³/mol. The van der Waals surface area contributed by atoms with Gasteiger partial charge in [-0.2, -0.15) is 0 Å². The van der Waals surface area contributed by atoms with E-state index in [9.17, 15) is 4.79 Å². The molecule has 0 spiro atoms. The Hall–Kier alpha value is -1.22. The number of Topliss-reactive ketones (excluding diaryl/α,β-unsaturated/α-hetero) is 1. The van der Waals surface area contributed by atoms with Crippen LogP contribution in [0.5, 0.6) is 0 Å². The monoisotopic (exact) mass is 218 g/mol. The van der Waals surface area contributed by atoms with Crippen molar-refractivity contribution >= 4 is 5.78 Å². The Balaban J connectivity index is 2.00. The van der Waals surface area contributed by atoms with Gasteiger partial charge in [-0.1, -0.05) is 13.0 Å². The Bertz CT molecular complexity index is 366. The molecule has 86 valence electrons. The van der Waals surface area contributed by atoms with Gasteiger partial charge in [0.1, 0.15) is 5.78 Å². The SMILES string of the molecule is CCc1cccnc1CN1CCC(=O)CC1. The largest absolute Gasteiger partial charge is 0.300 e. The second-order valence-electron chi connectivity index (χ2n) is 4.28. The summed E-state index contributed by atoms with van der Waals surface area (Å²) in [6.45, 7) is 4.81. The average molecular weight is 218 g/mol. The quantitative estimate of drug-likeness (QED) is 0.775. The van der Waals surface area contributed by atoms with Crippen LogP contribution in [0.3, 0.4) is 0 Å². The van der Waals surface area contributed by atoms with E-state index in [1.54, 1.807) is 0 Å². The second kappa shape index (κ2) is 5.21. The van der Waals surface area contributed by atoms with E-state index in [1.165, 1.54) is 11.3 Å². The highest BCUT2D eigenvalue weighted by Crippen LogP contribution is 2.13. The molecule has 0 atom stereocenters. The zero-order chi connectivity index (χ0) is 11.4. The Morgan fingerprint density at radius 2 is 2.12 bits per heavy atom. The highest BCUT2D eigenvalue weighted by atomic mass is 16.1. The van der Waals surface area contributed by atoms with Crippen LogP contribution in [0.15, 0.2) is 18.3 Å². The van der Waals surface area contributed by atoms with Crippen LogP contribution in [-0.2, 0) is 17.8 Å². The number of hydrogen-bond donors (Lipinski definition) is 0. The Kier molecular flexibility index (Phi) is 3.67. The van der Waals surface area contributed by atoms with Crippen molar-refractivity contribution in [2.24, 2.45) is 0 Å². The van der Waals surface area contributed by atoms with Crippen LogP contribution < -0.4 is 0 Å². The maximum atomic E-state index is 11.1. The first-order valence-corrected chi connectivity index (χ1v) is 5.96.